The summed E-state index contributed by atoms with van der Waals surface area (Å²) >= 11 is 0. The van der Waals surface area contributed by atoms with Gasteiger partial charge in [-0.15, -0.1) is 0 Å². The van der Waals surface area contributed by atoms with Crippen molar-refractivity contribution in [2.45, 2.75) is 90.1 Å². The van der Waals surface area contributed by atoms with Gasteiger partial charge in [0.25, 0.3) is 0 Å². The molecule has 1 amide bonds. The minimum atomic E-state index is -4.13. The van der Waals surface area contributed by atoms with Crippen LogP contribution in [0.3, 0.4) is 0 Å². The first-order valence-electron chi connectivity index (χ1n) is 11.9. The van der Waals surface area contributed by atoms with Crippen LogP contribution in [-0.4, -0.2) is 56.6 Å². The number of halogens is 3. The Morgan fingerprint density at radius 1 is 1.15 bits per heavy atom. The molecule has 2 atom stereocenters. The second-order valence-corrected chi connectivity index (χ2v) is 10.6. The second-order valence-electron chi connectivity index (χ2n) is 10.6. The van der Waals surface area contributed by atoms with Gasteiger partial charge in [-0.05, 0) is 66.4 Å². The number of aromatic nitrogens is 3. The number of carbonyl (C=O) groups excluding carboxylic acids is 1. The Morgan fingerprint density at radius 3 is 2.44 bits per heavy atom. The van der Waals surface area contributed by atoms with Crippen molar-refractivity contribution >= 4 is 11.7 Å². The van der Waals surface area contributed by atoms with Crippen LogP contribution in [0.4, 0.5) is 18.0 Å². The van der Waals surface area contributed by atoms with Crippen LogP contribution in [-0.2, 0) is 9.47 Å². The highest BCUT2D eigenvalue weighted by molar-refractivity contribution is 5.68. The first-order valence-corrected chi connectivity index (χ1v) is 11.9. The van der Waals surface area contributed by atoms with E-state index in [1.165, 1.54) is 0 Å². The van der Waals surface area contributed by atoms with Gasteiger partial charge in [0.05, 0.1) is 36.5 Å². The molecule has 0 radical (unpaired) electrons. The Balaban J connectivity index is 1.57. The molecule has 1 aliphatic heterocycles. The zero-order valence-corrected chi connectivity index (χ0v) is 20.4. The molecule has 2 aliphatic rings. The lowest BCUT2D eigenvalue weighted by atomic mass is 9.80. The van der Waals surface area contributed by atoms with E-state index in [-0.39, 0.29) is 24.8 Å². The minimum absolute atomic E-state index is 0.0287. The van der Waals surface area contributed by atoms with Crippen LogP contribution in [0.25, 0.3) is 5.65 Å². The third-order valence-electron chi connectivity index (χ3n) is 6.60. The predicted molar refractivity (Wildman–Crippen MR) is 120 cm³/mol. The molecule has 4 rings (SSSR count). The third-order valence-corrected chi connectivity index (χ3v) is 6.60. The lowest BCUT2D eigenvalue weighted by Crippen LogP contribution is -2.50. The molecule has 0 N–H and O–H groups in total. The van der Waals surface area contributed by atoms with E-state index in [1.54, 1.807) is 9.42 Å². The minimum Gasteiger partial charge on any atom is -0.444 e. The SMILES string of the molecule is Cc1cc([C@H]2CN(C(=O)OC(C)(C)C)[C@H](C)CO2)n2nc([C@H]3CC[C@H](C(F)(F)F)CC3)cc2n1. The molecule has 3 heterocycles. The molecule has 7 nitrogen and oxygen atoms in total. The van der Waals surface area contributed by atoms with E-state index in [2.05, 4.69) is 4.98 Å². The monoisotopic (exact) mass is 482 g/mol. The van der Waals surface area contributed by atoms with Gasteiger partial charge in [0.15, 0.2) is 5.65 Å². The highest BCUT2D eigenvalue weighted by Gasteiger charge is 2.42. The number of alkyl halides is 3. The maximum absolute atomic E-state index is 13.1. The summed E-state index contributed by atoms with van der Waals surface area (Å²) in [4.78, 5) is 19.0. The number of nitrogens with zero attached hydrogens (tertiary/aromatic N) is 4. The number of hydrogen-bond donors (Lipinski definition) is 0. The Hall–Kier alpha value is -2.36. The lowest BCUT2D eigenvalue weighted by Gasteiger charge is -2.38. The van der Waals surface area contributed by atoms with Crippen LogP contribution >= 0.6 is 0 Å². The van der Waals surface area contributed by atoms with Gasteiger partial charge in [-0.3, -0.25) is 0 Å². The summed E-state index contributed by atoms with van der Waals surface area (Å²) in [5, 5.41) is 4.75. The van der Waals surface area contributed by atoms with Gasteiger partial charge >= 0.3 is 12.3 Å². The standard InChI is InChI=1S/C24H33F3N4O3/c1-14-10-19(20-12-30(15(2)13-33-20)22(32)34-23(3,4)5)31-21(28-14)11-18(29-31)16-6-8-17(9-7-16)24(25,26)27/h10-11,15-17,20H,6-9,12-13H2,1-5H3/t15-,16-,17-,20-/m1/s1. The number of rotatable bonds is 2. The normalized spacial score (nSPS) is 26.6. The van der Waals surface area contributed by atoms with E-state index < -0.39 is 29.9 Å². The Kier molecular flexibility index (Phi) is 6.56. The zero-order valence-electron chi connectivity index (χ0n) is 20.4. The molecule has 0 bridgehead atoms. The zero-order chi connectivity index (χ0) is 24.8. The van der Waals surface area contributed by atoms with Crippen LogP contribution in [0.2, 0.25) is 0 Å². The van der Waals surface area contributed by atoms with E-state index in [9.17, 15) is 18.0 Å². The van der Waals surface area contributed by atoms with Gasteiger partial charge in [-0.2, -0.15) is 18.3 Å². The van der Waals surface area contributed by atoms with Crippen LogP contribution in [0.1, 0.15) is 82.5 Å². The number of hydrogen-bond acceptors (Lipinski definition) is 5. The summed E-state index contributed by atoms with van der Waals surface area (Å²) in [5.41, 5.74) is 2.33. The molecule has 1 aliphatic carbocycles. The quantitative estimate of drug-likeness (QED) is 0.560. The number of carbonyl (C=O) groups is 1. The van der Waals surface area contributed by atoms with Crippen LogP contribution < -0.4 is 0 Å². The fraction of sp³-hybridized carbons (Fsp3) is 0.708. The molecule has 0 unspecified atom stereocenters. The molecule has 1 saturated carbocycles. The van der Waals surface area contributed by atoms with Crippen molar-refractivity contribution in [2.24, 2.45) is 5.92 Å². The van der Waals surface area contributed by atoms with Crippen LogP contribution in [0.5, 0.6) is 0 Å². The Labute approximate surface area is 197 Å². The molecule has 0 spiro atoms. The van der Waals surface area contributed by atoms with Crippen molar-refractivity contribution in [2.75, 3.05) is 13.2 Å². The number of fused-ring (bicyclic) bond motifs is 1. The molecular formula is C24H33F3N4O3. The van der Waals surface area contributed by atoms with Gasteiger partial charge < -0.3 is 14.4 Å². The fourth-order valence-corrected chi connectivity index (χ4v) is 4.80. The summed E-state index contributed by atoms with van der Waals surface area (Å²) in [6.07, 6.45) is -3.81. The van der Waals surface area contributed by atoms with Gasteiger partial charge in [0.2, 0.25) is 0 Å². The lowest BCUT2D eigenvalue weighted by molar-refractivity contribution is -0.182. The van der Waals surface area contributed by atoms with Crippen LogP contribution in [0, 0.1) is 12.8 Å². The maximum Gasteiger partial charge on any atom is 0.410 e. The molecule has 2 fully saturated rings. The van der Waals surface area contributed by atoms with Crippen molar-refractivity contribution in [1.29, 1.82) is 0 Å². The van der Waals surface area contributed by atoms with E-state index in [4.69, 9.17) is 14.6 Å². The number of ether oxygens (including phenoxy) is 2. The van der Waals surface area contributed by atoms with Crippen molar-refractivity contribution in [3.8, 4) is 0 Å². The molecule has 2 aromatic heterocycles. The van der Waals surface area contributed by atoms with Gasteiger partial charge in [-0.1, -0.05) is 0 Å². The summed E-state index contributed by atoms with van der Waals surface area (Å²) in [6, 6.07) is 3.62. The van der Waals surface area contributed by atoms with E-state index in [0.717, 1.165) is 17.1 Å². The molecule has 188 valence electrons. The average Bonchev–Trinajstić information content (AvgIpc) is 3.15. The van der Waals surface area contributed by atoms with Gasteiger partial charge in [0.1, 0.15) is 11.7 Å². The summed E-state index contributed by atoms with van der Waals surface area (Å²) in [5.74, 6) is -1.26. The van der Waals surface area contributed by atoms with Crippen molar-refractivity contribution < 1.29 is 27.4 Å². The summed E-state index contributed by atoms with van der Waals surface area (Å²) in [6.45, 7) is 9.94. The van der Waals surface area contributed by atoms with Gasteiger partial charge in [0, 0.05) is 17.7 Å². The van der Waals surface area contributed by atoms with Gasteiger partial charge in [-0.25, -0.2) is 14.3 Å². The second kappa shape index (κ2) is 9.02. The summed E-state index contributed by atoms with van der Waals surface area (Å²) in [7, 11) is 0. The number of amides is 1. The Morgan fingerprint density at radius 2 is 1.82 bits per heavy atom. The third kappa shape index (κ3) is 5.31. The number of aryl methyl sites for hydroxylation is 1. The van der Waals surface area contributed by atoms with E-state index >= 15 is 0 Å². The highest BCUT2D eigenvalue weighted by Crippen LogP contribution is 2.42. The molecule has 1 saturated heterocycles. The van der Waals surface area contributed by atoms with E-state index in [1.807, 2.05) is 46.8 Å². The van der Waals surface area contributed by atoms with Crippen LogP contribution in [0.15, 0.2) is 12.1 Å². The number of morpholine rings is 1. The molecule has 34 heavy (non-hydrogen) atoms. The van der Waals surface area contributed by atoms with Crippen molar-refractivity contribution in [3.05, 3.63) is 29.2 Å². The molecule has 2 aromatic rings. The smallest absolute Gasteiger partial charge is 0.410 e. The fourth-order valence-electron chi connectivity index (χ4n) is 4.80. The average molecular weight is 483 g/mol. The largest absolute Gasteiger partial charge is 0.444 e. The Bertz CT molecular complexity index is 1040. The maximum atomic E-state index is 13.1. The van der Waals surface area contributed by atoms with E-state index in [0.29, 0.717) is 31.6 Å². The topological polar surface area (TPSA) is 69.0 Å². The summed E-state index contributed by atoms with van der Waals surface area (Å²) < 4.78 is 52.6. The molecular weight excluding hydrogens is 449 g/mol. The van der Waals surface area contributed by atoms with Crippen molar-refractivity contribution in [1.82, 2.24) is 19.5 Å². The predicted octanol–water partition coefficient (Wildman–Crippen LogP) is 5.57. The first-order chi connectivity index (χ1) is 15.8. The molecule has 10 heteroatoms. The highest BCUT2D eigenvalue weighted by atomic mass is 19.4. The van der Waals surface area contributed by atoms with Crippen molar-refractivity contribution in [3.63, 3.8) is 0 Å². The molecule has 0 aromatic carbocycles. The first kappa shape index (κ1) is 24.8.